The van der Waals surface area contributed by atoms with Gasteiger partial charge < -0.3 is 18.8 Å². The molecule has 1 spiro atoms. The molecule has 2 aliphatic heterocycles. The van der Waals surface area contributed by atoms with Gasteiger partial charge in [0.15, 0.2) is 0 Å². The molecule has 0 N–H and O–H groups in total. The van der Waals surface area contributed by atoms with Gasteiger partial charge in [-0.15, -0.1) is 0 Å². The molecule has 2 amide bonds. The van der Waals surface area contributed by atoms with Crippen LogP contribution in [0.5, 0.6) is 0 Å². The van der Waals surface area contributed by atoms with E-state index in [9.17, 15) is 14.4 Å². The zero-order valence-corrected chi connectivity index (χ0v) is 15.6. The van der Waals surface area contributed by atoms with Crippen LogP contribution < -0.4 is 0 Å². The molecule has 2 saturated carbocycles. The minimum atomic E-state index is -0.857. The number of amides is 2. The molecule has 0 bridgehead atoms. The van der Waals surface area contributed by atoms with Crippen LogP contribution in [0.3, 0.4) is 0 Å². The maximum Gasteiger partial charge on any atom is 0.412 e. The van der Waals surface area contributed by atoms with Gasteiger partial charge in [-0.2, -0.15) is 0 Å². The van der Waals surface area contributed by atoms with Gasteiger partial charge in [0, 0.05) is 11.8 Å². The van der Waals surface area contributed by atoms with Crippen molar-refractivity contribution in [1.29, 1.82) is 0 Å². The van der Waals surface area contributed by atoms with Gasteiger partial charge in [0.2, 0.25) is 5.91 Å². The number of carbonyl (C=O) groups excluding carboxylic acids is 3. The van der Waals surface area contributed by atoms with E-state index in [1.165, 1.54) is 12.0 Å². The molecule has 4 fully saturated rings. The third-order valence-corrected chi connectivity index (χ3v) is 6.96. The van der Waals surface area contributed by atoms with E-state index in [0.29, 0.717) is 0 Å². The van der Waals surface area contributed by atoms with Crippen LogP contribution in [0.25, 0.3) is 0 Å². The Morgan fingerprint density at radius 1 is 1.21 bits per heavy atom. The molecule has 2 aliphatic carbocycles. The van der Waals surface area contributed by atoms with Crippen LogP contribution in [0.4, 0.5) is 4.79 Å². The molecule has 8 heteroatoms. The third-order valence-electron chi connectivity index (χ3n) is 6.96. The molecule has 4 aliphatic rings. The first-order chi connectivity index (χ1) is 14.1. The van der Waals surface area contributed by atoms with Crippen LogP contribution in [-0.2, 0) is 19.1 Å². The highest BCUT2D eigenvalue weighted by Gasteiger charge is 3.11. The molecular formula is C21H18N2O6. The highest BCUT2D eigenvalue weighted by atomic mass is 16.6. The Hall–Kier alpha value is -3.29. The van der Waals surface area contributed by atoms with Crippen molar-refractivity contribution in [2.45, 2.75) is 17.6 Å². The van der Waals surface area contributed by atoms with E-state index in [1.54, 1.807) is 17.2 Å². The summed E-state index contributed by atoms with van der Waals surface area (Å²) in [5.74, 6) is -0.113. The first-order valence-electron chi connectivity index (χ1n) is 9.53. The zero-order chi connectivity index (χ0) is 20.0. The number of rotatable bonds is 5. The van der Waals surface area contributed by atoms with Crippen molar-refractivity contribution in [3.05, 3.63) is 60.1 Å². The Morgan fingerprint density at radius 3 is 2.66 bits per heavy atom. The van der Waals surface area contributed by atoms with Gasteiger partial charge in [-0.3, -0.25) is 14.5 Å². The summed E-state index contributed by atoms with van der Waals surface area (Å²) in [6.45, 7) is 0.0167. The van der Waals surface area contributed by atoms with E-state index in [0.717, 1.165) is 11.3 Å². The molecule has 0 radical (unpaired) electrons. The fourth-order valence-electron chi connectivity index (χ4n) is 5.83. The number of hydrogen-bond donors (Lipinski definition) is 0. The number of piperidine rings is 1. The van der Waals surface area contributed by atoms with E-state index < -0.39 is 23.1 Å². The van der Waals surface area contributed by atoms with Gasteiger partial charge in [-0.1, -0.05) is 30.3 Å². The Labute approximate surface area is 166 Å². The maximum atomic E-state index is 13.1. The molecule has 2 aromatic rings. The van der Waals surface area contributed by atoms with Gasteiger partial charge in [-0.25, -0.2) is 4.79 Å². The largest absolute Gasteiger partial charge is 0.469 e. The molecule has 1 unspecified atom stereocenters. The Balaban J connectivity index is 1.41. The molecule has 1 aromatic heterocycles. The monoisotopic (exact) mass is 394 g/mol. The predicted octanol–water partition coefficient (Wildman–Crippen LogP) is 1.90. The molecular weight excluding hydrogens is 376 g/mol. The van der Waals surface area contributed by atoms with E-state index in [2.05, 4.69) is 0 Å². The van der Waals surface area contributed by atoms with Gasteiger partial charge in [-0.05, 0) is 17.7 Å². The summed E-state index contributed by atoms with van der Waals surface area (Å²) in [5, 5.41) is 0. The number of ether oxygens (including phenoxy) is 2. The van der Waals surface area contributed by atoms with Crippen molar-refractivity contribution >= 4 is 18.0 Å². The number of benzene rings is 1. The molecule has 148 valence electrons. The number of furan rings is 1. The number of nitrogens with zero attached hydrogens (tertiary/aromatic N) is 2. The molecule has 29 heavy (non-hydrogen) atoms. The third kappa shape index (κ3) is 1.66. The average Bonchev–Trinajstić information content (AvgIpc) is 3.34. The van der Waals surface area contributed by atoms with Crippen LogP contribution in [0, 0.1) is 11.3 Å². The second-order valence-electron chi connectivity index (χ2n) is 7.91. The summed E-state index contributed by atoms with van der Waals surface area (Å²) in [5.41, 5.74) is -0.653. The first kappa shape index (κ1) is 16.6. The number of likely N-dealkylation sites (tertiary alicyclic amines) is 1. The van der Waals surface area contributed by atoms with Crippen molar-refractivity contribution in [2.75, 3.05) is 20.3 Å². The fraction of sp³-hybridized carbons (Fsp3) is 0.381. The van der Waals surface area contributed by atoms with Gasteiger partial charge in [0.25, 0.3) is 0 Å². The maximum absolute atomic E-state index is 13.1. The number of esters is 1. The second-order valence-corrected chi connectivity index (χ2v) is 7.91. The Kier molecular flexibility index (Phi) is 2.98. The van der Waals surface area contributed by atoms with E-state index in [-0.39, 0.29) is 36.9 Å². The molecule has 2 saturated heterocycles. The van der Waals surface area contributed by atoms with Gasteiger partial charge >= 0.3 is 12.1 Å². The smallest absolute Gasteiger partial charge is 0.412 e. The zero-order valence-electron chi connectivity index (χ0n) is 15.6. The number of methoxy groups -OCH3 is 1. The summed E-state index contributed by atoms with van der Waals surface area (Å²) >= 11 is 0. The molecule has 3 heterocycles. The summed E-state index contributed by atoms with van der Waals surface area (Å²) < 4.78 is 15.7. The van der Waals surface area contributed by atoms with Gasteiger partial charge in [0.05, 0.1) is 19.4 Å². The SMILES string of the molecule is COC(=O)CN1C(=O)[C@@]23C(c4ccco4)[C@H]2[C@@]13N1C(=O)OC[C@H]1c1ccccc1. The van der Waals surface area contributed by atoms with Crippen LogP contribution in [-0.4, -0.2) is 53.7 Å². The number of carbonyl (C=O) groups is 3. The minimum Gasteiger partial charge on any atom is -0.469 e. The van der Waals surface area contributed by atoms with E-state index >= 15 is 0 Å². The van der Waals surface area contributed by atoms with Crippen molar-refractivity contribution in [1.82, 2.24) is 9.80 Å². The van der Waals surface area contributed by atoms with Crippen molar-refractivity contribution in [3.63, 3.8) is 0 Å². The van der Waals surface area contributed by atoms with Crippen LogP contribution in [0.1, 0.15) is 23.3 Å². The quantitative estimate of drug-likeness (QED) is 0.568. The lowest BCUT2D eigenvalue weighted by Crippen LogP contribution is -2.72. The summed E-state index contributed by atoms with van der Waals surface area (Å²) in [6, 6.07) is 12.9. The average molecular weight is 394 g/mol. The number of fused-ring (bicyclic) bond motifs is 1. The summed E-state index contributed by atoms with van der Waals surface area (Å²) in [7, 11) is 1.28. The van der Waals surface area contributed by atoms with E-state index in [1.807, 2.05) is 36.4 Å². The number of cyclic esters (lactones) is 1. The summed E-state index contributed by atoms with van der Waals surface area (Å²) in [4.78, 5) is 41.1. The molecule has 1 aromatic carbocycles. The first-order valence-corrected chi connectivity index (χ1v) is 9.53. The van der Waals surface area contributed by atoms with Gasteiger partial charge in [0.1, 0.15) is 30.0 Å². The normalized spacial score (nSPS) is 36.1. The topological polar surface area (TPSA) is 89.3 Å². The lowest BCUT2D eigenvalue weighted by Gasteiger charge is -2.53. The Bertz CT molecular complexity index is 1040. The van der Waals surface area contributed by atoms with E-state index in [4.69, 9.17) is 13.9 Å². The predicted molar refractivity (Wildman–Crippen MR) is 96.2 cm³/mol. The molecule has 5 atom stereocenters. The highest BCUT2D eigenvalue weighted by Crippen LogP contribution is 2.98. The molecule has 8 nitrogen and oxygen atoms in total. The second kappa shape index (κ2) is 5.20. The van der Waals surface area contributed by atoms with Crippen LogP contribution in [0.15, 0.2) is 53.1 Å². The van der Waals surface area contributed by atoms with Crippen LogP contribution in [0.2, 0.25) is 0 Å². The standard InChI is InChI=1S/C21H18N2O6/c1-27-15(24)10-22-18(25)20-16(14-8-5-9-28-14)17(20)21(20,22)23-13(11-29-19(23)26)12-6-3-2-4-7-12/h2-9,13,16-17H,10-11H2,1H3/t13-,16?,17+,20+,21-/m0/s1. The number of β-lactam (4-membered cyclic amide) rings is 1. The van der Waals surface area contributed by atoms with Crippen molar-refractivity contribution < 1.29 is 28.3 Å². The fourth-order valence-corrected chi connectivity index (χ4v) is 5.83. The van der Waals surface area contributed by atoms with Crippen molar-refractivity contribution in [3.8, 4) is 0 Å². The summed E-state index contributed by atoms with van der Waals surface area (Å²) in [6.07, 6.45) is 1.11. The Morgan fingerprint density at radius 2 is 2.00 bits per heavy atom. The van der Waals surface area contributed by atoms with Crippen LogP contribution >= 0.6 is 0 Å². The minimum absolute atomic E-state index is 0.0799. The van der Waals surface area contributed by atoms with Crippen molar-refractivity contribution in [2.24, 2.45) is 11.3 Å². The lowest BCUT2D eigenvalue weighted by atomic mass is 9.82. The number of hydrogen-bond acceptors (Lipinski definition) is 6. The highest BCUT2D eigenvalue weighted by molar-refractivity contribution is 6.08. The molecule has 6 rings (SSSR count). The lowest BCUT2D eigenvalue weighted by molar-refractivity contribution is -0.179.